The maximum atomic E-state index is 14.8. The van der Waals surface area contributed by atoms with Crippen LogP contribution in [0.4, 0.5) is 4.39 Å². The zero-order valence-electron chi connectivity index (χ0n) is 23.3. The molecule has 2 aromatic heterocycles. The molecule has 0 bridgehead atoms. The highest BCUT2D eigenvalue weighted by atomic mass is 35.5. The van der Waals surface area contributed by atoms with Gasteiger partial charge in [-0.2, -0.15) is 0 Å². The number of aromatic nitrogens is 3. The molecule has 1 fully saturated rings. The third-order valence-corrected chi connectivity index (χ3v) is 8.54. The summed E-state index contributed by atoms with van der Waals surface area (Å²) in [5.41, 5.74) is 3.75. The summed E-state index contributed by atoms with van der Waals surface area (Å²) in [6.07, 6.45) is 4.74. The molecule has 1 atom stereocenters. The van der Waals surface area contributed by atoms with Crippen LogP contribution in [0.15, 0.2) is 71.7 Å². The van der Waals surface area contributed by atoms with Gasteiger partial charge in [0.05, 0.1) is 40.9 Å². The van der Waals surface area contributed by atoms with E-state index >= 15 is 0 Å². The predicted octanol–water partition coefficient (Wildman–Crippen LogP) is 6.59. The number of fused-ring (bicyclic) bond motifs is 2. The van der Waals surface area contributed by atoms with Gasteiger partial charge >= 0.3 is 5.97 Å². The minimum Gasteiger partial charge on any atom is -0.478 e. The normalized spacial score (nSPS) is 18.9. The lowest BCUT2D eigenvalue weighted by atomic mass is 9.88. The lowest BCUT2D eigenvalue weighted by Crippen LogP contribution is -2.34. The van der Waals surface area contributed by atoms with E-state index in [4.69, 9.17) is 30.5 Å². The Labute approximate surface area is 251 Å². The van der Waals surface area contributed by atoms with Gasteiger partial charge in [0.1, 0.15) is 17.9 Å². The first-order valence-corrected chi connectivity index (χ1v) is 14.4. The Balaban J connectivity index is 1.09. The van der Waals surface area contributed by atoms with Crippen molar-refractivity contribution in [3.63, 3.8) is 0 Å². The number of imidazole rings is 1. The van der Waals surface area contributed by atoms with E-state index in [2.05, 4.69) is 16.0 Å². The van der Waals surface area contributed by atoms with Crippen LogP contribution in [0.2, 0.25) is 5.02 Å². The fourth-order valence-corrected chi connectivity index (χ4v) is 6.28. The number of halogens is 2. The Hall–Kier alpha value is -4.41. The van der Waals surface area contributed by atoms with E-state index in [1.165, 1.54) is 12.5 Å². The van der Waals surface area contributed by atoms with Gasteiger partial charge in [-0.15, -0.1) is 0 Å². The van der Waals surface area contributed by atoms with Crippen molar-refractivity contribution in [2.45, 2.75) is 44.6 Å². The smallest absolute Gasteiger partial charge is 0.335 e. The van der Waals surface area contributed by atoms with Crippen molar-refractivity contribution in [3.05, 3.63) is 106 Å². The van der Waals surface area contributed by atoms with Gasteiger partial charge in [0.15, 0.2) is 17.9 Å². The second-order valence-corrected chi connectivity index (χ2v) is 11.5. The number of hydrogen-bond donors (Lipinski definition) is 1. The number of carboxylic acids is 1. The molecule has 2 aliphatic rings. The Bertz CT molecular complexity index is 1830. The summed E-state index contributed by atoms with van der Waals surface area (Å²) >= 11 is 5.97. The summed E-state index contributed by atoms with van der Waals surface area (Å²) in [5, 5.41) is 9.85. The largest absolute Gasteiger partial charge is 0.478 e. The maximum absolute atomic E-state index is 14.8. The molecule has 1 N–H and O–H groups in total. The SMILES string of the molecule is CC1(c2ccc(Cl)cc2F)Oc2cccc(C3CCN(Cc4nc5ccc(C(=O)O)cc5n4Cc4cocn4)CC3)c2O1. The van der Waals surface area contributed by atoms with Crippen LogP contribution < -0.4 is 9.47 Å². The molecular weight excluding hydrogens is 575 g/mol. The second-order valence-electron chi connectivity index (χ2n) is 11.1. The van der Waals surface area contributed by atoms with Crippen LogP contribution in [0.1, 0.15) is 58.7 Å². The van der Waals surface area contributed by atoms with Crippen molar-refractivity contribution in [3.8, 4) is 11.5 Å². The molecule has 3 aromatic carbocycles. The van der Waals surface area contributed by atoms with E-state index in [-0.39, 0.29) is 17.0 Å². The van der Waals surface area contributed by atoms with Crippen LogP contribution in [0.5, 0.6) is 11.5 Å². The molecule has 0 saturated carbocycles. The van der Waals surface area contributed by atoms with Crippen molar-refractivity contribution >= 4 is 28.6 Å². The number of carboxylic acid groups (broad SMARTS) is 1. The zero-order valence-corrected chi connectivity index (χ0v) is 24.1. The van der Waals surface area contributed by atoms with Gasteiger partial charge in [-0.1, -0.05) is 23.7 Å². The molecule has 9 nitrogen and oxygen atoms in total. The summed E-state index contributed by atoms with van der Waals surface area (Å²) in [4.78, 5) is 23.1. The van der Waals surface area contributed by atoms with E-state index in [0.717, 1.165) is 54.0 Å². The molecule has 0 amide bonds. The molecule has 43 heavy (non-hydrogen) atoms. The number of likely N-dealkylation sites (tertiary alicyclic amines) is 1. The second kappa shape index (κ2) is 10.7. The van der Waals surface area contributed by atoms with Crippen molar-refractivity contribution in [1.82, 2.24) is 19.4 Å². The maximum Gasteiger partial charge on any atom is 0.335 e. The Morgan fingerprint density at radius 3 is 2.70 bits per heavy atom. The summed E-state index contributed by atoms with van der Waals surface area (Å²) < 4.78 is 34.5. The monoisotopic (exact) mass is 602 g/mol. The van der Waals surface area contributed by atoms with Crippen LogP contribution in [0.25, 0.3) is 11.0 Å². The Morgan fingerprint density at radius 2 is 1.95 bits per heavy atom. The lowest BCUT2D eigenvalue weighted by Gasteiger charge is -2.32. The molecule has 220 valence electrons. The zero-order chi connectivity index (χ0) is 29.7. The van der Waals surface area contributed by atoms with Crippen molar-refractivity contribution in [2.24, 2.45) is 0 Å². The average molecular weight is 603 g/mol. The fourth-order valence-electron chi connectivity index (χ4n) is 6.12. The van der Waals surface area contributed by atoms with E-state index in [9.17, 15) is 14.3 Å². The van der Waals surface area contributed by atoms with E-state index < -0.39 is 17.6 Å². The van der Waals surface area contributed by atoms with Crippen LogP contribution in [-0.2, 0) is 18.9 Å². The van der Waals surface area contributed by atoms with E-state index in [1.54, 1.807) is 43.5 Å². The molecule has 7 rings (SSSR count). The number of rotatable bonds is 7. The molecule has 1 saturated heterocycles. The Kier molecular flexibility index (Phi) is 6.82. The number of ether oxygens (including phenoxy) is 2. The molecule has 5 aromatic rings. The van der Waals surface area contributed by atoms with Crippen LogP contribution in [0, 0.1) is 5.82 Å². The minimum atomic E-state index is -1.29. The van der Waals surface area contributed by atoms with Gasteiger partial charge in [-0.25, -0.2) is 19.2 Å². The first-order valence-electron chi connectivity index (χ1n) is 14.1. The highest BCUT2D eigenvalue weighted by Crippen LogP contribution is 2.49. The molecule has 0 aliphatic carbocycles. The molecule has 0 radical (unpaired) electrons. The van der Waals surface area contributed by atoms with Crippen LogP contribution in [-0.4, -0.2) is 43.6 Å². The predicted molar refractivity (Wildman–Crippen MR) is 156 cm³/mol. The minimum absolute atomic E-state index is 0.206. The number of benzene rings is 3. The number of carbonyl (C=O) groups is 1. The van der Waals surface area contributed by atoms with E-state index in [1.807, 2.05) is 16.7 Å². The molecule has 1 unspecified atom stereocenters. The number of oxazole rings is 1. The molecular formula is C32H28ClFN4O5. The first-order chi connectivity index (χ1) is 20.8. The number of aromatic carboxylic acids is 1. The molecule has 0 spiro atoms. The van der Waals surface area contributed by atoms with Gasteiger partial charge in [0.2, 0.25) is 0 Å². The number of para-hydroxylation sites is 1. The van der Waals surface area contributed by atoms with Gasteiger partial charge < -0.3 is 23.6 Å². The topological polar surface area (TPSA) is 103 Å². The number of nitrogens with zero attached hydrogens (tertiary/aromatic N) is 4. The Morgan fingerprint density at radius 1 is 1.12 bits per heavy atom. The number of piperidine rings is 1. The quantitative estimate of drug-likeness (QED) is 0.223. The number of hydrogen-bond acceptors (Lipinski definition) is 7. The summed E-state index contributed by atoms with van der Waals surface area (Å²) in [6, 6.07) is 15.3. The molecule has 4 heterocycles. The van der Waals surface area contributed by atoms with Crippen LogP contribution >= 0.6 is 11.6 Å². The molecule has 11 heteroatoms. The van der Waals surface area contributed by atoms with Crippen molar-refractivity contribution < 1.29 is 28.2 Å². The van der Waals surface area contributed by atoms with E-state index in [0.29, 0.717) is 29.6 Å². The molecule has 2 aliphatic heterocycles. The van der Waals surface area contributed by atoms with Crippen LogP contribution in [0.3, 0.4) is 0 Å². The van der Waals surface area contributed by atoms with Crippen molar-refractivity contribution in [2.75, 3.05) is 13.1 Å². The fraction of sp³-hybridized carbons (Fsp3) is 0.281. The van der Waals surface area contributed by atoms with Gasteiger partial charge in [-0.05, 0) is 74.3 Å². The summed E-state index contributed by atoms with van der Waals surface area (Å²) in [6.45, 7) is 4.39. The lowest BCUT2D eigenvalue weighted by molar-refractivity contribution is -0.0712. The highest BCUT2D eigenvalue weighted by Gasteiger charge is 2.43. The third kappa shape index (κ3) is 5.10. The summed E-state index contributed by atoms with van der Waals surface area (Å²) in [7, 11) is 0. The standard InChI is InChI=1S/C32H28ClFN4O5/c1-32(24-7-6-21(33)14-25(24)34)42-28-4-2-3-23(30(28)43-32)19-9-11-37(12-10-19)16-29-36-26-8-5-20(31(39)40)13-27(26)38(29)15-22-17-41-18-35-22/h2-8,13-14,17-19H,9-12,15-16H2,1H3,(H,39,40). The van der Waals surface area contributed by atoms with Gasteiger partial charge in [-0.3, -0.25) is 4.90 Å². The summed E-state index contributed by atoms with van der Waals surface area (Å²) in [5.74, 6) is -0.444. The van der Waals surface area contributed by atoms with Crippen molar-refractivity contribution in [1.29, 1.82) is 0 Å². The highest BCUT2D eigenvalue weighted by molar-refractivity contribution is 6.30. The first kappa shape index (κ1) is 27.4. The van der Waals surface area contributed by atoms with Gasteiger partial charge in [0, 0.05) is 17.5 Å². The third-order valence-electron chi connectivity index (χ3n) is 8.30. The van der Waals surface area contributed by atoms with Gasteiger partial charge in [0.25, 0.3) is 5.79 Å². The average Bonchev–Trinajstić information content (AvgIpc) is 3.71.